The number of aliphatic imine (C=N–C) groups is 1. The maximum Gasteiger partial charge on any atom is 0.191 e. The Labute approximate surface area is 190 Å². The van der Waals surface area contributed by atoms with E-state index in [4.69, 9.17) is 4.99 Å². The number of guanidine groups is 1. The summed E-state index contributed by atoms with van der Waals surface area (Å²) in [5.41, 5.74) is 1.08. The molecule has 2 aliphatic rings. The summed E-state index contributed by atoms with van der Waals surface area (Å²) in [6, 6.07) is 7.50. The number of rotatable bonds is 6. The van der Waals surface area contributed by atoms with Gasteiger partial charge in [0.05, 0.1) is 6.54 Å². The van der Waals surface area contributed by atoms with Crippen LogP contribution in [0.3, 0.4) is 0 Å². The fraction of sp³-hybridized carbons (Fsp3) is 0.542. The molecule has 0 spiro atoms. The zero-order valence-corrected chi connectivity index (χ0v) is 19.1. The van der Waals surface area contributed by atoms with Crippen molar-refractivity contribution >= 4 is 17.6 Å². The Morgan fingerprint density at radius 3 is 2.66 bits per heavy atom. The van der Waals surface area contributed by atoms with Crippen LogP contribution in [0.15, 0.2) is 41.7 Å². The minimum atomic E-state index is -0.274. The van der Waals surface area contributed by atoms with Gasteiger partial charge in [-0.2, -0.15) is 0 Å². The minimum Gasteiger partial charge on any atom is -0.357 e. The van der Waals surface area contributed by atoms with Crippen LogP contribution in [0.5, 0.6) is 0 Å². The summed E-state index contributed by atoms with van der Waals surface area (Å²) in [6.07, 6.45) is 6.94. The predicted molar refractivity (Wildman–Crippen MR) is 128 cm³/mol. The molecule has 2 N–H and O–H groups in total. The number of hydrogen-bond donors (Lipinski definition) is 2. The molecule has 7 nitrogen and oxygen atoms in total. The van der Waals surface area contributed by atoms with Crippen LogP contribution in [0.1, 0.15) is 38.7 Å². The molecule has 0 aromatic carbocycles. The van der Waals surface area contributed by atoms with E-state index in [-0.39, 0.29) is 11.9 Å². The first-order chi connectivity index (χ1) is 15.6. The highest BCUT2D eigenvalue weighted by molar-refractivity contribution is 5.80. The van der Waals surface area contributed by atoms with Gasteiger partial charge >= 0.3 is 0 Å². The van der Waals surface area contributed by atoms with E-state index in [0.717, 1.165) is 55.9 Å². The lowest BCUT2D eigenvalue weighted by atomic mass is 9.99. The van der Waals surface area contributed by atoms with Crippen molar-refractivity contribution < 1.29 is 4.39 Å². The second-order valence-corrected chi connectivity index (χ2v) is 8.77. The summed E-state index contributed by atoms with van der Waals surface area (Å²) in [7, 11) is 0. The van der Waals surface area contributed by atoms with Gasteiger partial charge in [0.25, 0.3) is 0 Å². The van der Waals surface area contributed by atoms with Crippen LogP contribution in [0.2, 0.25) is 0 Å². The van der Waals surface area contributed by atoms with Gasteiger partial charge in [-0.25, -0.2) is 19.4 Å². The lowest BCUT2D eigenvalue weighted by molar-refractivity contribution is 0.436. The molecule has 0 radical (unpaired) electrons. The van der Waals surface area contributed by atoms with E-state index in [2.05, 4.69) is 51.5 Å². The highest BCUT2D eigenvalue weighted by Crippen LogP contribution is 2.22. The van der Waals surface area contributed by atoms with E-state index in [1.54, 1.807) is 12.3 Å². The van der Waals surface area contributed by atoms with Gasteiger partial charge in [-0.1, -0.05) is 13.0 Å². The molecule has 172 valence electrons. The van der Waals surface area contributed by atoms with Crippen molar-refractivity contribution in [2.24, 2.45) is 10.9 Å². The Hall–Kier alpha value is -2.90. The summed E-state index contributed by atoms with van der Waals surface area (Å²) >= 11 is 0. The van der Waals surface area contributed by atoms with Gasteiger partial charge in [-0.15, -0.1) is 0 Å². The monoisotopic (exact) mass is 439 g/mol. The maximum absolute atomic E-state index is 14.1. The maximum atomic E-state index is 14.1. The third kappa shape index (κ3) is 5.66. The lowest BCUT2D eigenvalue weighted by Crippen LogP contribution is -2.44. The van der Waals surface area contributed by atoms with Gasteiger partial charge < -0.3 is 20.4 Å². The number of aromatic nitrogens is 2. The van der Waals surface area contributed by atoms with Crippen molar-refractivity contribution in [3.63, 3.8) is 0 Å². The fourth-order valence-corrected chi connectivity index (χ4v) is 4.30. The van der Waals surface area contributed by atoms with Crippen molar-refractivity contribution in [3.8, 4) is 0 Å². The smallest absolute Gasteiger partial charge is 0.191 e. The summed E-state index contributed by atoms with van der Waals surface area (Å²) in [4.78, 5) is 18.0. The molecule has 2 aliphatic heterocycles. The fourth-order valence-electron chi connectivity index (χ4n) is 4.30. The first-order valence-corrected chi connectivity index (χ1v) is 11.7. The number of hydrogen-bond acceptors (Lipinski definition) is 5. The van der Waals surface area contributed by atoms with E-state index < -0.39 is 0 Å². The lowest BCUT2D eigenvalue weighted by Gasteiger charge is -2.31. The summed E-state index contributed by atoms with van der Waals surface area (Å²) in [5.74, 6) is 2.79. The average Bonchev–Trinajstić information content (AvgIpc) is 3.27. The molecule has 4 rings (SSSR count). The Bertz CT molecular complexity index is 893. The van der Waals surface area contributed by atoms with Crippen molar-refractivity contribution in [1.29, 1.82) is 0 Å². The van der Waals surface area contributed by atoms with Crippen molar-refractivity contribution in [2.75, 3.05) is 42.5 Å². The first kappa shape index (κ1) is 22.3. The first-order valence-electron chi connectivity index (χ1n) is 11.7. The molecule has 32 heavy (non-hydrogen) atoms. The number of halogens is 1. The quantitative estimate of drug-likeness (QED) is 0.532. The highest BCUT2D eigenvalue weighted by atomic mass is 19.1. The van der Waals surface area contributed by atoms with Crippen molar-refractivity contribution in [3.05, 3.63) is 48.0 Å². The van der Waals surface area contributed by atoms with Crippen LogP contribution in [0, 0.1) is 11.7 Å². The van der Waals surface area contributed by atoms with Gasteiger partial charge in [0, 0.05) is 51.2 Å². The normalized spacial score (nSPS) is 20.0. The molecule has 2 saturated heterocycles. The summed E-state index contributed by atoms with van der Waals surface area (Å²) in [6.45, 7) is 9.35. The van der Waals surface area contributed by atoms with Crippen LogP contribution in [-0.2, 0) is 6.54 Å². The largest absolute Gasteiger partial charge is 0.357 e. The standard InChI is InChI=1S/C24H34FN7/c1-3-26-24(30-20-10-14-32(17-20)23-21(25)5-4-11-27-23)29-16-19-6-7-22(28-15-19)31-12-8-18(2)9-13-31/h4-7,11,15,18,20H,3,8-10,12-14,16-17H2,1-2H3,(H2,26,29,30). The van der Waals surface area contributed by atoms with Crippen LogP contribution < -0.4 is 20.4 Å². The Balaban J connectivity index is 1.33. The molecule has 0 aliphatic carbocycles. The number of nitrogens with zero attached hydrogens (tertiary/aromatic N) is 5. The molecule has 4 heterocycles. The number of piperidine rings is 1. The van der Waals surface area contributed by atoms with Crippen molar-refractivity contribution in [2.45, 2.75) is 45.7 Å². The van der Waals surface area contributed by atoms with E-state index in [1.807, 2.05) is 11.1 Å². The second kappa shape index (κ2) is 10.6. The van der Waals surface area contributed by atoms with Gasteiger partial charge in [0.2, 0.25) is 0 Å². The number of pyridine rings is 2. The van der Waals surface area contributed by atoms with Crippen LogP contribution in [0.4, 0.5) is 16.0 Å². The number of nitrogens with one attached hydrogen (secondary N) is 2. The average molecular weight is 440 g/mol. The molecular formula is C24H34FN7. The molecule has 1 unspecified atom stereocenters. The topological polar surface area (TPSA) is 68.7 Å². The van der Waals surface area contributed by atoms with Crippen molar-refractivity contribution in [1.82, 2.24) is 20.6 Å². The Kier molecular flexibility index (Phi) is 7.39. The molecule has 2 aromatic rings. The third-order valence-corrected chi connectivity index (χ3v) is 6.25. The summed E-state index contributed by atoms with van der Waals surface area (Å²) < 4.78 is 14.1. The van der Waals surface area contributed by atoms with E-state index >= 15 is 0 Å². The van der Waals surface area contributed by atoms with Crippen LogP contribution in [0.25, 0.3) is 0 Å². The molecule has 8 heteroatoms. The van der Waals surface area contributed by atoms with E-state index in [1.165, 1.54) is 18.9 Å². The van der Waals surface area contributed by atoms with E-state index in [0.29, 0.717) is 18.9 Å². The molecule has 2 aromatic heterocycles. The zero-order chi connectivity index (χ0) is 22.3. The minimum absolute atomic E-state index is 0.191. The van der Waals surface area contributed by atoms with Crippen LogP contribution in [-0.4, -0.2) is 54.7 Å². The van der Waals surface area contributed by atoms with Gasteiger partial charge in [-0.05, 0) is 55.9 Å². The third-order valence-electron chi connectivity index (χ3n) is 6.25. The molecule has 2 fully saturated rings. The Morgan fingerprint density at radius 2 is 1.94 bits per heavy atom. The van der Waals surface area contributed by atoms with Crippen LogP contribution >= 0.6 is 0 Å². The van der Waals surface area contributed by atoms with Gasteiger partial charge in [-0.3, -0.25) is 0 Å². The number of anilines is 2. The molecule has 0 amide bonds. The molecule has 0 saturated carbocycles. The predicted octanol–water partition coefficient (Wildman–Crippen LogP) is 3.19. The summed E-state index contributed by atoms with van der Waals surface area (Å²) in [5, 5.41) is 6.81. The van der Waals surface area contributed by atoms with Gasteiger partial charge in [0.15, 0.2) is 17.6 Å². The molecular weight excluding hydrogens is 405 g/mol. The Morgan fingerprint density at radius 1 is 1.12 bits per heavy atom. The SMILES string of the molecule is CCNC(=NCc1ccc(N2CCC(C)CC2)nc1)NC1CCN(c2ncccc2F)C1. The zero-order valence-electron chi connectivity index (χ0n) is 19.1. The second-order valence-electron chi connectivity index (χ2n) is 8.77. The highest BCUT2D eigenvalue weighted by Gasteiger charge is 2.26. The van der Waals surface area contributed by atoms with E-state index in [9.17, 15) is 4.39 Å². The molecule has 0 bridgehead atoms. The molecule has 1 atom stereocenters. The van der Waals surface area contributed by atoms with Gasteiger partial charge in [0.1, 0.15) is 5.82 Å².